The highest BCUT2D eigenvalue weighted by atomic mass is 16.5. The first-order valence-electron chi connectivity index (χ1n) is 5.05. The van der Waals surface area contributed by atoms with E-state index in [1.54, 1.807) is 10.6 Å². The molecule has 84 valence electrons. The van der Waals surface area contributed by atoms with Gasteiger partial charge in [-0.25, -0.2) is 0 Å². The predicted octanol–water partition coefficient (Wildman–Crippen LogP) is 1.26. The molecule has 0 aliphatic carbocycles. The molecule has 0 unspecified atom stereocenters. The number of hydrogen-bond donors (Lipinski definition) is 0. The van der Waals surface area contributed by atoms with Crippen LogP contribution in [0.25, 0.3) is 0 Å². The first-order chi connectivity index (χ1) is 7.25. The van der Waals surface area contributed by atoms with Gasteiger partial charge in [-0.2, -0.15) is 0 Å². The molecule has 0 bridgehead atoms. The van der Waals surface area contributed by atoms with Crippen molar-refractivity contribution in [1.29, 1.82) is 0 Å². The largest absolute Gasteiger partial charge is 0.379 e. The van der Waals surface area contributed by atoms with Crippen LogP contribution in [-0.2, 0) is 16.5 Å². The summed E-state index contributed by atoms with van der Waals surface area (Å²) in [5, 5.41) is 0. The fourth-order valence-corrected chi connectivity index (χ4v) is 1.25. The number of ketones is 1. The quantitative estimate of drug-likeness (QED) is 0.503. The highest BCUT2D eigenvalue weighted by Gasteiger charge is 2.08. The monoisotopic (exact) mass is 211 g/mol. The van der Waals surface area contributed by atoms with Gasteiger partial charge >= 0.3 is 0 Å². The van der Waals surface area contributed by atoms with Gasteiger partial charge in [0.05, 0.1) is 18.9 Å². The summed E-state index contributed by atoms with van der Waals surface area (Å²) < 4.78 is 12.1. The second-order valence-electron chi connectivity index (χ2n) is 3.18. The van der Waals surface area contributed by atoms with E-state index in [2.05, 4.69) is 0 Å². The molecule has 1 aromatic rings. The lowest BCUT2D eigenvalue weighted by Crippen LogP contribution is -2.15. The Balaban J connectivity index is 2.22. The van der Waals surface area contributed by atoms with Crippen LogP contribution in [0.4, 0.5) is 0 Å². The summed E-state index contributed by atoms with van der Waals surface area (Å²) in [6.45, 7) is 3.72. The molecule has 4 heteroatoms. The van der Waals surface area contributed by atoms with Crippen LogP contribution in [-0.4, -0.2) is 36.8 Å². The lowest BCUT2D eigenvalue weighted by Gasteiger charge is -2.04. The maximum Gasteiger partial charge on any atom is 0.204 e. The number of nitrogens with zero attached hydrogens (tertiary/aromatic N) is 1. The first kappa shape index (κ1) is 11.9. The van der Waals surface area contributed by atoms with Crippen LogP contribution in [0.5, 0.6) is 0 Å². The van der Waals surface area contributed by atoms with Gasteiger partial charge in [0.2, 0.25) is 5.78 Å². The molecule has 0 spiro atoms. The van der Waals surface area contributed by atoms with Crippen molar-refractivity contribution in [3.63, 3.8) is 0 Å². The van der Waals surface area contributed by atoms with E-state index < -0.39 is 0 Å². The maximum atomic E-state index is 11.6. The van der Waals surface area contributed by atoms with Gasteiger partial charge in [-0.15, -0.1) is 0 Å². The molecular weight excluding hydrogens is 194 g/mol. The molecule has 0 atom stereocenters. The summed E-state index contributed by atoms with van der Waals surface area (Å²) in [6, 6.07) is 3.63. The van der Waals surface area contributed by atoms with Crippen LogP contribution < -0.4 is 0 Å². The van der Waals surface area contributed by atoms with Gasteiger partial charge in [0, 0.05) is 19.9 Å². The van der Waals surface area contributed by atoms with E-state index in [1.165, 1.54) is 0 Å². The van der Waals surface area contributed by atoms with Gasteiger partial charge in [-0.3, -0.25) is 4.79 Å². The zero-order valence-corrected chi connectivity index (χ0v) is 9.23. The fourth-order valence-electron chi connectivity index (χ4n) is 1.25. The Morgan fingerprint density at radius 1 is 1.40 bits per heavy atom. The summed E-state index contributed by atoms with van der Waals surface area (Å²) in [6.07, 6.45) is 1.84. The minimum absolute atomic E-state index is 0.000927. The molecule has 0 N–H and O–H groups in total. The summed E-state index contributed by atoms with van der Waals surface area (Å²) >= 11 is 0. The van der Waals surface area contributed by atoms with E-state index in [4.69, 9.17) is 9.47 Å². The first-order valence-corrected chi connectivity index (χ1v) is 5.05. The average molecular weight is 211 g/mol. The van der Waals surface area contributed by atoms with Crippen molar-refractivity contribution in [2.45, 2.75) is 6.92 Å². The minimum atomic E-state index is -0.000927. The number of carbonyl (C=O) groups excluding carboxylic acids is 1. The Morgan fingerprint density at radius 2 is 2.13 bits per heavy atom. The molecule has 0 fully saturated rings. The van der Waals surface area contributed by atoms with Gasteiger partial charge in [0.1, 0.15) is 6.61 Å². The van der Waals surface area contributed by atoms with Gasteiger partial charge in [-0.05, 0) is 19.1 Å². The molecule has 0 saturated carbocycles. The zero-order valence-electron chi connectivity index (χ0n) is 9.23. The smallest absolute Gasteiger partial charge is 0.204 e. The molecule has 0 amide bonds. The van der Waals surface area contributed by atoms with E-state index in [0.29, 0.717) is 25.5 Å². The molecule has 0 radical (unpaired) electrons. The number of aryl methyl sites for hydroxylation is 1. The van der Waals surface area contributed by atoms with Crippen LogP contribution in [0.2, 0.25) is 0 Å². The molecular formula is C11H17NO3. The van der Waals surface area contributed by atoms with Gasteiger partial charge in [0.15, 0.2) is 0 Å². The van der Waals surface area contributed by atoms with Crippen LogP contribution in [0.15, 0.2) is 18.3 Å². The second kappa shape index (κ2) is 6.37. The van der Waals surface area contributed by atoms with Crippen molar-refractivity contribution >= 4 is 5.78 Å². The molecule has 0 aliphatic rings. The SMILES string of the molecule is CCOCCOCC(=O)c1cccn1C. The van der Waals surface area contributed by atoms with Crippen LogP contribution in [0.1, 0.15) is 17.4 Å². The molecule has 1 heterocycles. The third kappa shape index (κ3) is 3.85. The molecule has 1 rings (SSSR count). The minimum Gasteiger partial charge on any atom is -0.379 e. The third-order valence-corrected chi connectivity index (χ3v) is 2.04. The summed E-state index contributed by atoms with van der Waals surface area (Å²) in [7, 11) is 1.84. The number of Topliss-reactive ketones (excluding diaryl/α,β-unsaturated/α-hetero) is 1. The van der Waals surface area contributed by atoms with Gasteiger partial charge in [0.25, 0.3) is 0 Å². The Labute approximate surface area is 89.8 Å². The topological polar surface area (TPSA) is 40.5 Å². The molecule has 0 aromatic carbocycles. The number of rotatable bonds is 7. The summed E-state index contributed by atoms with van der Waals surface area (Å²) in [5.41, 5.74) is 0.673. The molecule has 15 heavy (non-hydrogen) atoms. The van der Waals surface area contributed by atoms with E-state index in [-0.39, 0.29) is 12.4 Å². The number of ether oxygens (including phenoxy) is 2. The van der Waals surface area contributed by atoms with E-state index in [9.17, 15) is 4.79 Å². The average Bonchev–Trinajstić information content (AvgIpc) is 2.64. The molecule has 4 nitrogen and oxygen atoms in total. The summed E-state index contributed by atoms with van der Waals surface area (Å²) in [5.74, 6) is -0.000927. The van der Waals surface area contributed by atoms with Gasteiger partial charge in [-0.1, -0.05) is 0 Å². The van der Waals surface area contributed by atoms with Crippen molar-refractivity contribution in [3.8, 4) is 0 Å². The third-order valence-electron chi connectivity index (χ3n) is 2.04. The normalized spacial score (nSPS) is 10.5. The molecule has 0 aliphatic heterocycles. The van der Waals surface area contributed by atoms with E-state index in [0.717, 1.165) is 0 Å². The predicted molar refractivity (Wildman–Crippen MR) is 57.1 cm³/mol. The van der Waals surface area contributed by atoms with Crippen LogP contribution >= 0.6 is 0 Å². The lowest BCUT2D eigenvalue weighted by molar-refractivity contribution is 0.0471. The Bertz CT molecular complexity index is 307. The Kier molecular flexibility index (Phi) is 5.07. The van der Waals surface area contributed by atoms with Crippen molar-refractivity contribution in [1.82, 2.24) is 4.57 Å². The van der Waals surface area contributed by atoms with Crippen molar-refractivity contribution in [2.75, 3.05) is 26.4 Å². The second-order valence-corrected chi connectivity index (χ2v) is 3.18. The highest BCUT2D eigenvalue weighted by Crippen LogP contribution is 2.00. The Morgan fingerprint density at radius 3 is 2.73 bits per heavy atom. The van der Waals surface area contributed by atoms with E-state index >= 15 is 0 Å². The summed E-state index contributed by atoms with van der Waals surface area (Å²) in [4.78, 5) is 11.6. The van der Waals surface area contributed by atoms with E-state index in [1.807, 2.05) is 26.2 Å². The highest BCUT2D eigenvalue weighted by molar-refractivity contribution is 5.95. The molecule has 0 saturated heterocycles. The van der Waals surface area contributed by atoms with Gasteiger partial charge < -0.3 is 14.0 Å². The van der Waals surface area contributed by atoms with Crippen molar-refractivity contribution in [2.24, 2.45) is 7.05 Å². The number of aromatic nitrogens is 1. The Hall–Kier alpha value is -1.13. The van der Waals surface area contributed by atoms with Crippen LogP contribution in [0.3, 0.4) is 0 Å². The number of hydrogen-bond acceptors (Lipinski definition) is 3. The maximum absolute atomic E-state index is 11.6. The van der Waals surface area contributed by atoms with Crippen LogP contribution in [0, 0.1) is 0 Å². The van der Waals surface area contributed by atoms with Crippen molar-refractivity contribution in [3.05, 3.63) is 24.0 Å². The molecule has 1 aromatic heterocycles. The van der Waals surface area contributed by atoms with Crippen molar-refractivity contribution < 1.29 is 14.3 Å². The zero-order chi connectivity index (χ0) is 11.1. The fraction of sp³-hybridized carbons (Fsp3) is 0.545. The lowest BCUT2D eigenvalue weighted by atomic mass is 10.3. The number of carbonyl (C=O) groups is 1. The standard InChI is InChI=1S/C11H17NO3/c1-3-14-7-8-15-9-11(13)10-5-4-6-12(10)2/h4-6H,3,7-9H2,1-2H3.